The van der Waals surface area contributed by atoms with E-state index >= 15 is 0 Å². The first-order chi connectivity index (χ1) is 6.77. The quantitative estimate of drug-likeness (QED) is 0.348. The van der Waals surface area contributed by atoms with Crippen molar-refractivity contribution in [2.45, 2.75) is 31.7 Å². The fourth-order valence-corrected chi connectivity index (χ4v) is 1.43. The molecule has 0 unspecified atom stereocenters. The lowest BCUT2D eigenvalue weighted by molar-refractivity contribution is -0.121. The van der Waals surface area contributed by atoms with E-state index < -0.39 is 0 Å². The lowest BCUT2D eigenvalue weighted by Crippen LogP contribution is -2.35. The fraction of sp³-hybridized carbons (Fsp3) is 0.778. The molecule has 14 heavy (non-hydrogen) atoms. The molecule has 5 nitrogen and oxygen atoms in total. The minimum absolute atomic E-state index is 0.146. The first-order valence-electron chi connectivity index (χ1n) is 4.88. The molecule has 5 heteroatoms. The molecule has 0 radical (unpaired) electrons. The van der Waals surface area contributed by atoms with Gasteiger partial charge in [0.25, 0.3) is 0 Å². The van der Waals surface area contributed by atoms with Crippen LogP contribution in [-0.2, 0) is 4.79 Å². The Morgan fingerprint density at radius 1 is 1.57 bits per heavy atom. The molecule has 78 valence electrons. The van der Waals surface area contributed by atoms with Crippen molar-refractivity contribution < 1.29 is 4.79 Å². The summed E-state index contributed by atoms with van der Waals surface area (Å²) in [6.45, 7) is 1.47. The molecule has 1 saturated carbocycles. The van der Waals surface area contributed by atoms with Crippen LogP contribution in [0.2, 0.25) is 0 Å². The van der Waals surface area contributed by atoms with Gasteiger partial charge in [0.05, 0.1) is 6.07 Å². The molecule has 1 aliphatic carbocycles. The zero-order valence-corrected chi connectivity index (χ0v) is 8.20. The van der Waals surface area contributed by atoms with Gasteiger partial charge in [-0.05, 0) is 12.8 Å². The van der Waals surface area contributed by atoms with Crippen LogP contribution < -0.4 is 11.3 Å². The van der Waals surface area contributed by atoms with Crippen LogP contribution in [0, 0.1) is 11.3 Å². The molecule has 1 fully saturated rings. The maximum atomic E-state index is 10.9. The molecule has 0 aromatic carbocycles. The number of hydrogen-bond acceptors (Lipinski definition) is 4. The molecule has 1 aliphatic rings. The van der Waals surface area contributed by atoms with Crippen LogP contribution in [0.1, 0.15) is 25.7 Å². The topological polar surface area (TPSA) is 82.2 Å². The highest BCUT2D eigenvalue weighted by Gasteiger charge is 2.28. The molecule has 3 N–H and O–H groups in total. The minimum atomic E-state index is -0.146. The van der Waals surface area contributed by atoms with E-state index in [0.29, 0.717) is 25.4 Å². The minimum Gasteiger partial charge on any atom is -0.299 e. The Morgan fingerprint density at radius 2 is 2.29 bits per heavy atom. The molecule has 0 aromatic heterocycles. The van der Waals surface area contributed by atoms with E-state index in [1.807, 2.05) is 0 Å². The first kappa shape index (κ1) is 11.0. The lowest BCUT2D eigenvalue weighted by atomic mass is 10.3. The maximum absolute atomic E-state index is 10.9. The highest BCUT2D eigenvalue weighted by atomic mass is 16.2. The van der Waals surface area contributed by atoms with Gasteiger partial charge in [-0.1, -0.05) is 0 Å². The van der Waals surface area contributed by atoms with Crippen LogP contribution in [0.4, 0.5) is 0 Å². The molecule has 0 spiro atoms. The zero-order chi connectivity index (χ0) is 10.4. The van der Waals surface area contributed by atoms with Crippen LogP contribution in [0.3, 0.4) is 0 Å². The van der Waals surface area contributed by atoms with E-state index in [9.17, 15) is 4.79 Å². The highest BCUT2D eigenvalue weighted by molar-refractivity contribution is 5.75. The Morgan fingerprint density at radius 3 is 2.79 bits per heavy atom. The third kappa shape index (κ3) is 3.73. The molecule has 0 atom stereocenters. The van der Waals surface area contributed by atoms with E-state index in [0.717, 1.165) is 6.54 Å². The lowest BCUT2D eigenvalue weighted by Gasteiger charge is -2.19. The van der Waals surface area contributed by atoms with Gasteiger partial charge >= 0.3 is 0 Å². The molecule has 1 amide bonds. The zero-order valence-electron chi connectivity index (χ0n) is 8.20. The van der Waals surface area contributed by atoms with Crippen LogP contribution in [0.15, 0.2) is 0 Å². The number of nitriles is 1. The van der Waals surface area contributed by atoms with Gasteiger partial charge in [0.15, 0.2) is 0 Å². The molecule has 0 heterocycles. The Kier molecular flexibility index (Phi) is 4.36. The Balaban J connectivity index is 2.21. The summed E-state index contributed by atoms with van der Waals surface area (Å²) in [5.41, 5.74) is 2.11. The van der Waals surface area contributed by atoms with E-state index in [1.54, 1.807) is 0 Å². The Hall–Kier alpha value is -1.12. The van der Waals surface area contributed by atoms with Gasteiger partial charge in [-0.15, -0.1) is 0 Å². The van der Waals surface area contributed by atoms with Gasteiger partial charge < -0.3 is 0 Å². The summed E-state index contributed by atoms with van der Waals surface area (Å²) in [7, 11) is 0. The number of hydrazine groups is 1. The molecular formula is C9H16N4O. The van der Waals surface area contributed by atoms with Crippen LogP contribution in [0.25, 0.3) is 0 Å². The normalized spacial score (nSPS) is 15.2. The van der Waals surface area contributed by atoms with Crippen molar-refractivity contribution in [2.75, 3.05) is 13.1 Å². The van der Waals surface area contributed by atoms with E-state index in [-0.39, 0.29) is 5.91 Å². The predicted octanol–water partition coefficient (Wildman–Crippen LogP) is -0.256. The molecule has 0 saturated heterocycles. The third-order valence-corrected chi connectivity index (χ3v) is 2.36. The number of carbonyl (C=O) groups excluding carboxylic acids is 1. The molecule has 1 rings (SSSR count). The summed E-state index contributed by atoms with van der Waals surface area (Å²) in [4.78, 5) is 13.1. The number of carbonyl (C=O) groups is 1. The summed E-state index contributed by atoms with van der Waals surface area (Å²) in [6.07, 6.45) is 3.32. The van der Waals surface area contributed by atoms with Gasteiger partial charge in [-0.2, -0.15) is 5.26 Å². The second-order valence-electron chi connectivity index (χ2n) is 3.49. The summed E-state index contributed by atoms with van der Waals surface area (Å²) >= 11 is 0. The van der Waals surface area contributed by atoms with Gasteiger partial charge in [0, 0.05) is 32.0 Å². The second kappa shape index (κ2) is 5.58. The van der Waals surface area contributed by atoms with Crippen molar-refractivity contribution in [3.63, 3.8) is 0 Å². The average molecular weight is 196 g/mol. The van der Waals surface area contributed by atoms with Crippen molar-refractivity contribution in [1.82, 2.24) is 10.3 Å². The number of nitrogens with zero attached hydrogens (tertiary/aromatic N) is 2. The third-order valence-electron chi connectivity index (χ3n) is 2.36. The number of nitrogens with two attached hydrogens (primary N) is 1. The van der Waals surface area contributed by atoms with Crippen molar-refractivity contribution in [3.8, 4) is 6.07 Å². The van der Waals surface area contributed by atoms with Crippen molar-refractivity contribution in [2.24, 2.45) is 5.84 Å². The molecule has 0 aliphatic heterocycles. The van der Waals surface area contributed by atoms with Crippen LogP contribution in [0.5, 0.6) is 0 Å². The smallest absolute Gasteiger partial charge is 0.235 e. The average Bonchev–Trinajstić information content (AvgIpc) is 3.01. The van der Waals surface area contributed by atoms with Crippen molar-refractivity contribution in [3.05, 3.63) is 0 Å². The van der Waals surface area contributed by atoms with Crippen LogP contribution >= 0.6 is 0 Å². The van der Waals surface area contributed by atoms with Crippen molar-refractivity contribution >= 4 is 5.91 Å². The second-order valence-corrected chi connectivity index (χ2v) is 3.49. The molecule has 0 aromatic rings. The highest BCUT2D eigenvalue weighted by Crippen LogP contribution is 2.26. The van der Waals surface area contributed by atoms with E-state index in [2.05, 4.69) is 16.4 Å². The summed E-state index contributed by atoms with van der Waals surface area (Å²) in [5, 5.41) is 8.46. The molecular weight excluding hydrogens is 180 g/mol. The van der Waals surface area contributed by atoms with Gasteiger partial charge in [-0.25, -0.2) is 5.84 Å². The standard InChI is InChI=1S/C9H16N4O/c10-5-1-6-13(8-2-3-8)7-4-9(14)12-11/h8H,1-4,6-7,11H2,(H,12,14). The number of hydrogen-bond donors (Lipinski definition) is 2. The monoisotopic (exact) mass is 196 g/mol. The maximum Gasteiger partial charge on any atom is 0.235 e. The first-order valence-corrected chi connectivity index (χ1v) is 4.88. The summed E-state index contributed by atoms with van der Waals surface area (Å²) < 4.78 is 0. The van der Waals surface area contributed by atoms with Gasteiger partial charge in [0.1, 0.15) is 0 Å². The van der Waals surface area contributed by atoms with Crippen LogP contribution in [-0.4, -0.2) is 29.9 Å². The van der Waals surface area contributed by atoms with E-state index in [1.165, 1.54) is 12.8 Å². The number of rotatable bonds is 6. The Bertz CT molecular complexity index is 231. The fourth-order valence-electron chi connectivity index (χ4n) is 1.43. The predicted molar refractivity (Wildman–Crippen MR) is 51.8 cm³/mol. The largest absolute Gasteiger partial charge is 0.299 e. The Labute approximate surface area is 83.8 Å². The van der Waals surface area contributed by atoms with Gasteiger partial charge in [-0.3, -0.25) is 15.1 Å². The summed E-state index contributed by atoms with van der Waals surface area (Å²) in [6, 6.07) is 2.71. The number of amides is 1. The number of nitrogens with one attached hydrogen (secondary N) is 1. The summed E-state index contributed by atoms with van der Waals surface area (Å²) in [5.74, 6) is 4.83. The van der Waals surface area contributed by atoms with Gasteiger partial charge in [0.2, 0.25) is 5.91 Å². The van der Waals surface area contributed by atoms with E-state index in [4.69, 9.17) is 11.1 Å². The molecule has 0 bridgehead atoms. The van der Waals surface area contributed by atoms with Crippen molar-refractivity contribution in [1.29, 1.82) is 5.26 Å². The SMILES string of the molecule is N#CCCN(CCC(=O)NN)C1CC1.